The van der Waals surface area contributed by atoms with Crippen molar-refractivity contribution < 1.29 is 9.59 Å². The van der Waals surface area contributed by atoms with Crippen molar-refractivity contribution in [1.82, 2.24) is 15.5 Å². The largest absolute Gasteiger partial charge is 0.338 e. The summed E-state index contributed by atoms with van der Waals surface area (Å²) in [5.41, 5.74) is 1.29. The van der Waals surface area contributed by atoms with E-state index in [0.29, 0.717) is 12.5 Å². The van der Waals surface area contributed by atoms with Crippen LogP contribution in [0.15, 0.2) is 29.0 Å². The van der Waals surface area contributed by atoms with Crippen LogP contribution in [0.3, 0.4) is 0 Å². The summed E-state index contributed by atoms with van der Waals surface area (Å²) in [5, 5.41) is 9.34. The van der Waals surface area contributed by atoms with Gasteiger partial charge in [-0.05, 0) is 40.8 Å². The third kappa shape index (κ3) is 4.48. The number of urea groups is 1. The lowest BCUT2D eigenvalue weighted by Gasteiger charge is -2.34. The molecule has 1 atom stereocenters. The van der Waals surface area contributed by atoms with Crippen molar-refractivity contribution >= 4 is 34.6 Å². The van der Waals surface area contributed by atoms with Gasteiger partial charge in [0.2, 0.25) is 5.91 Å². The molecule has 0 saturated heterocycles. The molecule has 5 nitrogen and oxygen atoms in total. The zero-order valence-corrected chi connectivity index (χ0v) is 16.1. The van der Waals surface area contributed by atoms with Crippen molar-refractivity contribution in [1.29, 1.82) is 0 Å². The highest BCUT2D eigenvalue weighted by Crippen LogP contribution is 2.39. The molecule has 2 aromatic heterocycles. The maximum absolute atomic E-state index is 12.3. The van der Waals surface area contributed by atoms with Crippen molar-refractivity contribution in [3.63, 3.8) is 0 Å². The second kappa shape index (κ2) is 8.12. The minimum atomic E-state index is -0.417. The van der Waals surface area contributed by atoms with Crippen LogP contribution in [0.4, 0.5) is 4.79 Å². The molecule has 25 heavy (non-hydrogen) atoms. The number of hydrogen-bond donors (Lipinski definition) is 2. The number of imide groups is 1. The predicted octanol–water partition coefficient (Wildman–Crippen LogP) is 3.24. The van der Waals surface area contributed by atoms with Gasteiger partial charge >= 0.3 is 6.03 Å². The van der Waals surface area contributed by atoms with Crippen LogP contribution in [0.1, 0.15) is 35.2 Å². The Morgan fingerprint density at radius 3 is 2.84 bits per heavy atom. The molecule has 3 rings (SSSR count). The highest BCUT2D eigenvalue weighted by Gasteiger charge is 2.31. The Hall–Kier alpha value is -1.70. The standard InChI is InChI=1S/C18H23N3O2S2/c1-12(2)10-19-18(23)20-16(22)11-21-7-5-14-13(6-9-25-14)17(21)15-4-3-8-24-15/h3-4,6,8-9,12,17H,5,7,10-11H2,1-2H3,(H2,19,20,22,23)/t17-/m0/s1. The lowest BCUT2D eigenvalue weighted by Crippen LogP contribution is -2.47. The molecule has 2 aromatic rings. The van der Waals surface area contributed by atoms with Gasteiger partial charge < -0.3 is 5.32 Å². The summed E-state index contributed by atoms with van der Waals surface area (Å²) < 4.78 is 0. The molecular weight excluding hydrogens is 354 g/mol. The highest BCUT2D eigenvalue weighted by atomic mass is 32.1. The molecule has 134 valence electrons. The number of nitrogens with zero attached hydrogens (tertiary/aromatic N) is 1. The van der Waals surface area contributed by atoms with Crippen molar-refractivity contribution in [2.24, 2.45) is 5.92 Å². The van der Waals surface area contributed by atoms with E-state index in [9.17, 15) is 9.59 Å². The Kier molecular flexibility index (Phi) is 5.88. The molecule has 0 aromatic carbocycles. The van der Waals surface area contributed by atoms with Crippen LogP contribution in [0, 0.1) is 5.92 Å². The molecule has 3 amide bonds. The topological polar surface area (TPSA) is 61.4 Å². The fourth-order valence-electron chi connectivity index (χ4n) is 3.01. The summed E-state index contributed by atoms with van der Waals surface area (Å²) in [6.45, 7) is 5.61. The van der Waals surface area contributed by atoms with E-state index in [2.05, 4.69) is 38.4 Å². The van der Waals surface area contributed by atoms with Crippen LogP contribution >= 0.6 is 22.7 Å². The van der Waals surface area contributed by atoms with Gasteiger partial charge in [0.1, 0.15) is 0 Å². The van der Waals surface area contributed by atoms with Crippen LogP contribution in [0.25, 0.3) is 0 Å². The first-order chi connectivity index (χ1) is 12.0. The first-order valence-electron chi connectivity index (χ1n) is 8.46. The molecule has 7 heteroatoms. The zero-order valence-electron chi connectivity index (χ0n) is 14.5. The van der Waals surface area contributed by atoms with Crippen molar-refractivity contribution in [3.05, 3.63) is 44.3 Å². The third-order valence-corrected chi connectivity index (χ3v) is 6.07. The molecule has 0 bridgehead atoms. The van der Waals surface area contributed by atoms with Gasteiger partial charge in [-0.1, -0.05) is 19.9 Å². The number of rotatable bonds is 5. The van der Waals surface area contributed by atoms with E-state index in [0.717, 1.165) is 13.0 Å². The summed E-state index contributed by atoms with van der Waals surface area (Å²) >= 11 is 3.48. The molecule has 0 fully saturated rings. The number of hydrogen-bond acceptors (Lipinski definition) is 5. The SMILES string of the molecule is CC(C)CNC(=O)NC(=O)CN1CCc2sccc2[C@H]1c1cccs1. The van der Waals surface area contributed by atoms with Gasteiger partial charge in [-0.25, -0.2) is 4.79 Å². The summed E-state index contributed by atoms with van der Waals surface area (Å²) in [6, 6.07) is 5.99. The fourth-order valence-corrected chi connectivity index (χ4v) is 4.79. The maximum atomic E-state index is 12.3. The molecule has 0 aliphatic carbocycles. The van der Waals surface area contributed by atoms with Crippen molar-refractivity contribution in [2.45, 2.75) is 26.3 Å². The summed E-state index contributed by atoms with van der Waals surface area (Å²) in [7, 11) is 0. The second-order valence-electron chi connectivity index (χ2n) is 6.59. The summed E-state index contributed by atoms with van der Waals surface area (Å²) in [6.07, 6.45) is 0.946. The van der Waals surface area contributed by atoms with E-state index in [1.165, 1.54) is 15.3 Å². The van der Waals surface area contributed by atoms with Crippen LogP contribution < -0.4 is 10.6 Å². The highest BCUT2D eigenvalue weighted by molar-refractivity contribution is 7.10. The van der Waals surface area contributed by atoms with Gasteiger partial charge in [0, 0.05) is 22.8 Å². The maximum Gasteiger partial charge on any atom is 0.321 e. The molecule has 2 N–H and O–H groups in total. The van der Waals surface area contributed by atoms with Gasteiger partial charge in [0.25, 0.3) is 0 Å². The minimum Gasteiger partial charge on any atom is -0.338 e. The molecule has 0 spiro atoms. The van der Waals surface area contributed by atoms with E-state index in [1.807, 2.05) is 19.9 Å². The van der Waals surface area contributed by atoms with Crippen molar-refractivity contribution in [2.75, 3.05) is 19.6 Å². The van der Waals surface area contributed by atoms with E-state index in [1.54, 1.807) is 22.7 Å². The Morgan fingerprint density at radius 1 is 1.28 bits per heavy atom. The number of amides is 3. The summed E-state index contributed by atoms with van der Waals surface area (Å²) in [5.74, 6) is 0.0876. The van der Waals surface area contributed by atoms with Crippen LogP contribution in [0.2, 0.25) is 0 Å². The van der Waals surface area contributed by atoms with E-state index in [4.69, 9.17) is 0 Å². The average molecular weight is 378 g/mol. The van der Waals surface area contributed by atoms with Crippen LogP contribution in [-0.2, 0) is 11.2 Å². The zero-order chi connectivity index (χ0) is 17.8. The van der Waals surface area contributed by atoms with Gasteiger partial charge in [-0.3, -0.25) is 15.0 Å². The number of carbonyl (C=O) groups excluding carboxylic acids is 2. The lowest BCUT2D eigenvalue weighted by atomic mass is 9.98. The number of thiophene rings is 2. The fraction of sp³-hybridized carbons (Fsp3) is 0.444. The first-order valence-corrected chi connectivity index (χ1v) is 10.2. The normalized spacial score (nSPS) is 17.3. The van der Waals surface area contributed by atoms with Crippen LogP contribution in [-0.4, -0.2) is 36.5 Å². The molecule has 0 unspecified atom stereocenters. The van der Waals surface area contributed by atoms with Gasteiger partial charge in [0.05, 0.1) is 12.6 Å². The van der Waals surface area contributed by atoms with Gasteiger partial charge in [-0.15, -0.1) is 22.7 Å². The minimum absolute atomic E-state index is 0.0967. The van der Waals surface area contributed by atoms with E-state index in [-0.39, 0.29) is 18.5 Å². The Labute approximate surface area is 156 Å². The molecule has 3 heterocycles. The van der Waals surface area contributed by atoms with Gasteiger partial charge in [0.15, 0.2) is 0 Å². The van der Waals surface area contributed by atoms with Crippen molar-refractivity contribution in [3.8, 4) is 0 Å². The molecule has 0 radical (unpaired) electrons. The molecule has 1 aliphatic rings. The summed E-state index contributed by atoms with van der Waals surface area (Å²) in [4.78, 5) is 28.9. The molecule has 0 saturated carbocycles. The molecular formula is C18H23N3O2S2. The lowest BCUT2D eigenvalue weighted by molar-refractivity contribution is -0.121. The smallest absolute Gasteiger partial charge is 0.321 e. The molecule has 1 aliphatic heterocycles. The Balaban J connectivity index is 1.67. The number of nitrogens with one attached hydrogen (secondary N) is 2. The average Bonchev–Trinajstić information content (AvgIpc) is 3.23. The Bertz CT molecular complexity index is 725. The number of fused-ring (bicyclic) bond motifs is 1. The van der Waals surface area contributed by atoms with E-state index < -0.39 is 6.03 Å². The van der Waals surface area contributed by atoms with E-state index >= 15 is 0 Å². The first kappa shape index (κ1) is 18.1. The Morgan fingerprint density at radius 2 is 2.12 bits per heavy atom. The third-order valence-electron chi connectivity index (χ3n) is 4.15. The monoisotopic (exact) mass is 377 g/mol. The second-order valence-corrected chi connectivity index (χ2v) is 8.57. The number of carbonyl (C=O) groups is 2. The quantitative estimate of drug-likeness (QED) is 0.841. The predicted molar refractivity (Wildman–Crippen MR) is 102 cm³/mol. The van der Waals surface area contributed by atoms with Crippen LogP contribution in [0.5, 0.6) is 0 Å². The van der Waals surface area contributed by atoms with Gasteiger partial charge in [-0.2, -0.15) is 0 Å².